The third-order valence-corrected chi connectivity index (χ3v) is 5.34. The minimum absolute atomic E-state index is 0. The highest BCUT2D eigenvalue weighted by Crippen LogP contribution is 2.21. The largest absolute Gasteiger partial charge is 0.401 e. The van der Waals surface area contributed by atoms with E-state index in [2.05, 4.69) is 20.1 Å². The molecule has 158 valence electrons. The van der Waals surface area contributed by atoms with Gasteiger partial charge in [-0.2, -0.15) is 13.2 Å². The SMILES string of the molecule is CCN=C(NC1CCN(CC(F)(F)F)C1)N1CCC(N2CCOCC2)C1.I. The second-order valence-electron chi connectivity index (χ2n) is 7.32. The molecule has 27 heavy (non-hydrogen) atoms. The molecule has 0 spiro atoms. The van der Waals surface area contributed by atoms with Crippen molar-refractivity contribution in [3.8, 4) is 0 Å². The number of ether oxygens (including phenoxy) is 1. The van der Waals surface area contributed by atoms with Gasteiger partial charge in [-0.3, -0.25) is 14.8 Å². The summed E-state index contributed by atoms with van der Waals surface area (Å²) in [6.07, 6.45) is -2.32. The molecule has 0 saturated carbocycles. The number of hydrogen-bond acceptors (Lipinski definition) is 4. The Kier molecular flexibility index (Phi) is 8.88. The van der Waals surface area contributed by atoms with Crippen LogP contribution in [0.15, 0.2) is 4.99 Å². The van der Waals surface area contributed by atoms with Crippen molar-refractivity contribution in [2.45, 2.75) is 38.0 Å². The molecule has 2 atom stereocenters. The highest BCUT2D eigenvalue weighted by atomic mass is 127. The molecule has 0 amide bonds. The van der Waals surface area contributed by atoms with E-state index in [1.165, 1.54) is 4.90 Å². The quantitative estimate of drug-likeness (QED) is 0.358. The predicted molar refractivity (Wildman–Crippen MR) is 110 cm³/mol. The summed E-state index contributed by atoms with van der Waals surface area (Å²) in [6.45, 7) is 8.12. The van der Waals surface area contributed by atoms with Crippen LogP contribution in [0.1, 0.15) is 19.8 Å². The topological polar surface area (TPSA) is 43.3 Å². The molecule has 1 N–H and O–H groups in total. The van der Waals surface area contributed by atoms with Crippen LogP contribution < -0.4 is 5.32 Å². The standard InChI is InChI=1S/C17H30F3N5O.HI/c1-2-21-16(22-14-3-5-23(11-14)13-17(18,19)20)25-6-4-15(12-25)24-7-9-26-10-8-24;/h14-15H,2-13H2,1H3,(H,21,22);1H. The van der Waals surface area contributed by atoms with Gasteiger partial charge in [-0.1, -0.05) is 0 Å². The van der Waals surface area contributed by atoms with Gasteiger partial charge >= 0.3 is 6.18 Å². The first kappa shape index (κ1) is 23.0. The molecule has 10 heteroatoms. The molecule has 3 heterocycles. The summed E-state index contributed by atoms with van der Waals surface area (Å²) in [4.78, 5) is 10.8. The number of rotatable bonds is 4. The van der Waals surface area contributed by atoms with Crippen molar-refractivity contribution in [1.29, 1.82) is 0 Å². The molecule has 0 aromatic carbocycles. The number of likely N-dealkylation sites (tertiary alicyclic amines) is 2. The zero-order chi connectivity index (χ0) is 18.6. The number of nitrogens with zero attached hydrogens (tertiary/aromatic N) is 4. The highest BCUT2D eigenvalue weighted by Gasteiger charge is 2.36. The molecule has 0 aromatic heterocycles. The van der Waals surface area contributed by atoms with E-state index in [0.29, 0.717) is 25.7 Å². The molecule has 6 nitrogen and oxygen atoms in total. The lowest BCUT2D eigenvalue weighted by Gasteiger charge is -2.32. The van der Waals surface area contributed by atoms with Crippen LogP contribution in [0.4, 0.5) is 13.2 Å². The lowest BCUT2D eigenvalue weighted by Crippen LogP contribution is -2.49. The Morgan fingerprint density at radius 1 is 1.11 bits per heavy atom. The smallest absolute Gasteiger partial charge is 0.379 e. The average Bonchev–Trinajstić information content (AvgIpc) is 3.23. The lowest BCUT2D eigenvalue weighted by atomic mass is 10.2. The van der Waals surface area contributed by atoms with Crippen LogP contribution in [0.25, 0.3) is 0 Å². The van der Waals surface area contributed by atoms with Crippen molar-refractivity contribution in [3.63, 3.8) is 0 Å². The van der Waals surface area contributed by atoms with Gasteiger partial charge in [0.1, 0.15) is 0 Å². The van der Waals surface area contributed by atoms with Gasteiger partial charge in [0.25, 0.3) is 0 Å². The second kappa shape index (κ2) is 10.4. The van der Waals surface area contributed by atoms with Crippen LogP contribution in [0.5, 0.6) is 0 Å². The van der Waals surface area contributed by atoms with E-state index in [0.717, 1.165) is 58.2 Å². The fraction of sp³-hybridized carbons (Fsp3) is 0.941. The maximum atomic E-state index is 12.6. The number of aliphatic imine (C=N–C) groups is 1. The Morgan fingerprint density at radius 3 is 2.52 bits per heavy atom. The molecule has 2 unspecified atom stereocenters. The number of hydrogen-bond donors (Lipinski definition) is 1. The minimum Gasteiger partial charge on any atom is -0.379 e. The highest BCUT2D eigenvalue weighted by molar-refractivity contribution is 14.0. The Bertz CT molecular complexity index is 488. The molecule has 0 aliphatic carbocycles. The Hall–Kier alpha value is -0.330. The van der Waals surface area contributed by atoms with Crippen molar-refractivity contribution in [2.24, 2.45) is 4.99 Å². The zero-order valence-electron chi connectivity index (χ0n) is 15.9. The van der Waals surface area contributed by atoms with Crippen molar-refractivity contribution < 1.29 is 17.9 Å². The first-order valence-electron chi connectivity index (χ1n) is 9.61. The number of guanidine groups is 1. The van der Waals surface area contributed by atoms with Gasteiger partial charge < -0.3 is 15.0 Å². The number of morpholine rings is 1. The van der Waals surface area contributed by atoms with Crippen molar-refractivity contribution in [1.82, 2.24) is 20.0 Å². The summed E-state index contributed by atoms with van der Waals surface area (Å²) < 4.78 is 43.2. The summed E-state index contributed by atoms with van der Waals surface area (Å²) in [5, 5.41) is 3.42. The van der Waals surface area contributed by atoms with Crippen LogP contribution in [-0.2, 0) is 4.74 Å². The maximum Gasteiger partial charge on any atom is 0.401 e. The third-order valence-electron chi connectivity index (χ3n) is 5.34. The van der Waals surface area contributed by atoms with Gasteiger partial charge in [-0.15, -0.1) is 24.0 Å². The van der Waals surface area contributed by atoms with Crippen molar-refractivity contribution in [3.05, 3.63) is 0 Å². The van der Waals surface area contributed by atoms with Gasteiger partial charge in [-0.05, 0) is 19.8 Å². The van der Waals surface area contributed by atoms with Crippen LogP contribution in [0.3, 0.4) is 0 Å². The number of halogens is 4. The van der Waals surface area contributed by atoms with Gasteiger partial charge in [-0.25, -0.2) is 0 Å². The van der Waals surface area contributed by atoms with Crippen LogP contribution >= 0.6 is 24.0 Å². The van der Waals surface area contributed by atoms with Crippen LogP contribution in [0, 0.1) is 0 Å². The van der Waals surface area contributed by atoms with Crippen LogP contribution in [0.2, 0.25) is 0 Å². The van der Waals surface area contributed by atoms with Gasteiger partial charge in [0.2, 0.25) is 0 Å². The van der Waals surface area contributed by atoms with E-state index < -0.39 is 12.7 Å². The Morgan fingerprint density at radius 2 is 1.85 bits per heavy atom. The number of alkyl halides is 3. The predicted octanol–water partition coefficient (Wildman–Crippen LogP) is 1.61. The molecule has 3 fully saturated rings. The fourth-order valence-corrected chi connectivity index (χ4v) is 4.09. The molecule has 0 aromatic rings. The average molecular weight is 505 g/mol. The molecule has 3 aliphatic rings. The molecule has 3 rings (SSSR count). The molecule has 3 saturated heterocycles. The fourth-order valence-electron chi connectivity index (χ4n) is 4.09. The zero-order valence-corrected chi connectivity index (χ0v) is 18.2. The van der Waals surface area contributed by atoms with Crippen molar-refractivity contribution in [2.75, 3.05) is 65.6 Å². The minimum atomic E-state index is -4.13. The van der Waals surface area contributed by atoms with E-state index >= 15 is 0 Å². The summed E-state index contributed by atoms with van der Waals surface area (Å²) in [6, 6.07) is 0.540. The van der Waals surface area contributed by atoms with Gasteiger partial charge in [0.15, 0.2) is 5.96 Å². The first-order valence-corrected chi connectivity index (χ1v) is 9.61. The van der Waals surface area contributed by atoms with E-state index in [1.807, 2.05) is 6.92 Å². The molecular weight excluding hydrogens is 474 g/mol. The van der Waals surface area contributed by atoms with Crippen LogP contribution in [-0.4, -0.2) is 104 Å². The maximum absolute atomic E-state index is 12.6. The molecule has 0 bridgehead atoms. The summed E-state index contributed by atoms with van der Waals surface area (Å²) in [5.74, 6) is 0.849. The Labute approximate surface area is 176 Å². The summed E-state index contributed by atoms with van der Waals surface area (Å²) in [7, 11) is 0. The first-order chi connectivity index (χ1) is 12.4. The van der Waals surface area contributed by atoms with E-state index in [9.17, 15) is 13.2 Å². The van der Waals surface area contributed by atoms with Crippen molar-refractivity contribution >= 4 is 29.9 Å². The normalized spacial score (nSPS) is 28.4. The Balaban J connectivity index is 0.00000261. The molecular formula is C17H31F3IN5O. The van der Waals surface area contributed by atoms with E-state index in [-0.39, 0.29) is 30.0 Å². The van der Waals surface area contributed by atoms with Gasteiger partial charge in [0, 0.05) is 57.9 Å². The van der Waals surface area contributed by atoms with E-state index in [1.54, 1.807) is 0 Å². The second-order valence-corrected chi connectivity index (χ2v) is 7.32. The van der Waals surface area contributed by atoms with E-state index in [4.69, 9.17) is 4.74 Å². The van der Waals surface area contributed by atoms with Gasteiger partial charge in [0.05, 0.1) is 19.8 Å². The number of nitrogens with one attached hydrogen (secondary N) is 1. The third kappa shape index (κ3) is 6.90. The summed E-state index contributed by atoms with van der Waals surface area (Å²) in [5.41, 5.74) is 0. The lowest BCUT2D eigenvalue weighted by molar-refractivity contribution is -0.143. The summed E-state index contributed by atoms with van der Waals surface area (Å²) >= 11 is 0. The molecule has 0 radical (unpaired) electrons. The monoisotopic (exact) mass is 505 g/mol. The molecule has 3 aliphatic heterocycles.